The summed E-state index contributed by atoms with van der Waals surface area (Å²) in [4.78, 5) is 13.4. The number of nitrogens with zero attached hydrogens (tertiary/aromatic N) is 1. The van der Waals surface area contributed by atoms with E-state index in [1.54, 1.807) is 0 Å². The van der Waals surface area contributed by atoms with Gasteiger partial charge in [-0.1, -0.05) is 6.42 Å². The third-order valence-corrected chi connectivity index (χ3v) is 4.09. The first kappa shape index (κ1) is 7.80. The standard InChI is InChI=1S/C10H15NO2/c12-10(13)9-6-4-8(5-6)11(9)7-2-1-3-7/h6-9H,1-5H2,(H,12,13). The van der Waals surface area contributed by atoms with E-state index >= 15 is 0 Å². The number of carboxylic acid groups (broad SMARTS) is 1. The average molecular weight is 181 g/mol. The van der Waals surface area contributed by atoms with E-state index in [1.807, 2.05) is 0 Å². The van der Waals surface area contributed by atoms with Crippen LogP contribution in [0.1, 0.15) is 32.1 Å². The molecule has 4 fully saturated rings. The Balaban J connectivity index is 1.80. The Kier molecular flexibility index (Phi) is 1.48. The highest BCUT2D eigenvalue weighted by molar-refractivity contribution is 5.75. The first-order chi connectivity index (χ1) is 6.27. The molecule has 2 aliphatic carbocycles. The third-order valence-electron chi connectivity index (χ3n) is 4.09. The molecule has 4 aliphatic rings. The molecule has 3 heteroatoms. The van der Waals surface area contributed by atoms with E-state index in [0.717, 1.165) is 12.8 Å². The second-order valence-electron chi connectivity index (χ2n) is 4.70. The zero-order valence-electron chi connectivity index (χ0n) is 7.65. The summed E-state index contributed by atoms with van der Waals surface area (Å²) in [6, 6.07) is 1.10. The van der Waals surface area contributed by atoms with E-state index in [4.69, 9.17) is 5.11 Å². The van der Waals surface area contributed by atoms with E-state index in [2.05, 4.69) is 4.90 Å². The van der Waals surface area contributed by atoms with Crippen LogP contribution in [0.15, 0.2) is 0 Å². The lowest BCUT2D eigenvalue weighted by atomic mass is 9.83. The van der Waals surface area contributed by atoms with Crippen molar-refractivity contribution in [2.45, 2.75) is 50.2 Å². The molecule has 0 spiro atoms. The molecule has 0 amide bonds. The Hall–Kier alpha value is -0.570. The average Bonchev–Trinajstić information content (AvgIpc) is 2.33. The maximum absolute atomic E-state index is 11.1. The highest BCUT2D eigenvalue weighted by Crippen LogP contribution is 2.49. The fourth-order valence-electron chi connectivity index (χ4n) is 3.14. The molecular weight excluding hydrogens is 166 g/mol. The van der Waals surface area contributed by atoms with Gasteiger partial charge in [0.2, 0.25) is 0 Å². The SMILES string of the molecule is O=C(O)C1C2CC(C2)N1C1CCC1. The zero-order valence-corrected chi connectivity index (χ0v) is 7.65. The van der Waals surface area contributed by atoms with Crippen molar-refractivity contribution in [1.29, 1.82) is 0 Å². The van der Waals surface area contributed by atoms with E-state index in [9.17, 15) is 4.79 Å². The van der Waals surface area contributed by atoms with Crippen molar-refractivity contribution in [3.05, 3.63) is 0 Å². The molecule has 2 saturated heterocycles. The van der Waals surface area contributed by atoms with Crippen LogP contribution in [0.4, 0.5) is 0 Å². The lowest BCUT2D eigenvalue weighted by molar-refractivity contribution is -0.143. The monoisotopic (exact) mass is 181 g/mol. The van der Waals surface area contributed by atoms with Crippen molar-refractivity contribution < 1.29 is 9.90 Å². The summed E-state index contributed by atoms with van der Waals surface area (Å²) < 4.78 is 0. The summed E-state index contributed by atoms with van der Waals surface area (Å²) in [5.41, 5.74) is 0. The summed E-state index contributed by atoms with van der Waals surface area (Å²) in [5, 5.41) is 9.11. The molecule has 3 nitrogen and oxygen atoms in total. The smallest absolute Gasteiger partial charge is 0.321 e. The molecule has 0 aromatic carbocycles. The lowest BCUT2D eigenvalue weighted by Crippen LogP contribution is -2.47. The van der Waals surface area contributed by atoms with Crippen molar-refractivity contribution in [1.82, 2.24) is 4.90 Å². The van der Waals surface area contributed by atoms with Gasteiger partial charge in [-0.3, -0.25) is 9.69 Å². The van der Waals surface area contributed by atoms with Crippen LogP contribution in [0.25, 0.3) is 0 Å². The number of fused-ring (bicyclic) bond motifs is 1. The minimum absolute atomic E-state index is 0.129. The Labute approximate surface area is 77.7 Å². The minimum Gasteiger partial charge on any atom is -0.480 e. The van der Waals surface area contributed by atoms with Gasteiger partial charge in [-0.25, -0.2) is 0 Å². The summed E-state index contributed by atoms with van der Waals surface area (Å²) in [5.74, 6) is -0.111. The summed E-state index contributed by atoms with van der Waals surface area (Å²) in [6.07, 6.45) is 6.05. The predicted molar refractivity (Wildman–Crippen MR) is 47.4 cm³/mol. The molecule has 0 aromatic rings. The van der Waals surface area contributed by atoms with Gasteiger partial charge in [0.1, 0.15) is 6.04 Å². The van der Waals surface area contributed by atoms with Crippen molar-refractivity contribution in [3.8, 4) is 0 Å². The van der Waals surface area contributed by atoms with Crippen LogP contribution in [-0.2, 0) is 4.79 Å². The van der Waals surface area contributed by atoms with Gasteiger partial charge in [0.05, 0.1) is 0 Å². The van der Waals surface area contributed by atoms with Crippen LogP contribution in [0, 0.1) is 5.92 Å². The number of carboxylic acids is 1. The van der Waals surface area contributed by atoms with Crippen LogP contribution in [-0.4, -0.2) is 34.1 Å². The predicted octanol–water partition coefficient (Wildman–Crippen LogP) is 1.09. The van der Waals surface area contributed by atoms with E-state index in [1.165, 1.54) is 19.3 Å². The topological polar surface area (TPSA) is 40.5 Å². The summed E-state index contributed by atoms with van der Waals surface area (Å²) >= 11 is 0. The maximum Gasteiger partial charge on any atom is 0.321 e. The third kappa shape index (κ3) is 0.909. The summed E-state index contributed by atoms with van der Waals surface area (Å²) in [6.45, 7) is 0. The van der Waals surface area contributed by atoms with Gasteiger partial charge in [0.15, 0.2) is 0 Å². The molecule has 72 valence electrons. The highest BCUT2D eigenvalue weighted by Gasteiger charge is 2.56. The molecule has 2 aliphatic heterocycles. The number of aliphatic carboxylic acids is 1. The fraction of sp³-hybridized carbons (Fsp3) is 0.900. The first-order valence-electron chi connectivity index (χ1n) is 5.27. The van der Waals surface area contributed by atoms with Crippen molar-refractivity contribution in [2.24, 2.45) is 5.92 Å². The van der Waals surface area contributed by atoms with Crippen molar-refractivity contribution in [3.63, 3.8) is 0 Å². The van der Waals surface area contributed by atoms with Gasteiger partial charge in [-0.05, 0) is 31.6 Å². The molecule has 4 rings (SSSR count). The second-order valence-corrected chi connectivity index (χ2v) is 4.70. The van der Waals surface area contributed by atoms with Crippen molar-refractivity contribution >= 4 is 5.97 Å². The van der Waals surface area contributed by atoms with Crippen LogP contribution < -0.4 is 0 Å². The molecule has 2 heterocycles. The number of hydrogen-bond donors (Lipinski definition) is 1. The minimum atomic E-state index is -0.586. The second kappa shape index (κ2) is 2.47. The van der Waals surface area contributed by atoms with Gasteiger partial charge in [-0.15, -0.1) is 0 Å². The number of hydrogen-bond acceptors (Lipinski definition) is 2. The molecular formula is C10H15NO2. The van der Waals surface area contributed by atoms with E-state index < -0.39 is 5.97 Å². The first-order valence-corrected chi connectivity index (χ1v) is 5.27. The van der Waals surface area contributed by atoms with E-state index in [0.29, 0.717) is 18.0 Å². The largest absolute Gasteiger partial charge is 0.480 e. The zero-order chi connectivity index (χ0) is 9.00. The molecule has 1 N–H and O–H groups in total. The fourth-order valence-corrected chi connectivity index (χ4v) is 3.14. The normalized spacial score (nSPS) is 44.2. The number of rotatable bonds is 2. The van der Waals surface area contributed by atoms with Crippen LogP contribution in [0.3, 0.4) is 0 Å². The molecule has 2 saturated carbocycles. The van der Waals surface area contributed by atoms with Gasteiger partial charge in [0.25, 0.3) is 0 Å². The molecule has 0 aromatic heterocycles. The van der Waals surface area contributed by atoms with E-state index in [-0.39, 0.29) is 6.04 Å². The maximum atomic E-state index is 11.1. The Morgan fingerprint density at radius 1 is 1.23 bits per heavy atom. The van der Waals surface area contributed by atoms with Gasteiger partial charge in [0, 0.05) is 12.1 Å². The molecule has 2 bridgehead atoms. The van der Waals surface area contributed by atoms with Gasteiger partial charge >= 0.3 is 5.97 Å². The summed E-state index contributed by atoms with van der Waals surface area (Å²) in [7, 11) is 0. The Morgan fingerprint density at radius 3 is 2.38 bits per heavy atom. The Morgan fingerprint density at radius 2 is 1.92 bits per heavy atom. The van der Waals surface area contributed by atoms with Gasteiger partial charge in [-0.2, -0.15) is 0 Å². The van der Waals surface area contributed by atoms with Crippen LogP contribution in [0.2, 0.25) is 0 Å². The van der Waals surface area contributed by atoms with Gasteiger partial charge < -0.3 is 5.11 Å². The number of carbonyl (C=O) groups is 1. The molecule has 1 atom stereocenters. The quantitative estimate of drug-likeness (QED) is 0.693. The highest BCUT2D eigenvalue weighted by atomic mass is 16.4. The van der Waals surface area contributed by atoms with Crippen LogP contribution >= 0.6 is 0 Å². The van der Waals surface area contributed by atoms with Crippen LogP contribution in [0.5, 0.6) is 0 Å². The Bertz CT molecular complexity index is 243. The molecule has 1 unspecified atom stereocenters. The van der Waals surface area contributed by atoms with Crippen molar-refractivity contribution in [2.75, 3.05) is 0 Å². The molecule has 0 radical (unpaired) electrons. The molecule has 13 heavy (non-hydrogen) atoms. The lowest BCUT2D eigenvalue weighted by Gasteiger charge is -2.38.